The summed E-state index contributed by atoms with van der Waals surface area (Å²) in [6, 6.07) is 7.68. The van der Waals surface area contributed by atoms with E-state index in [1.807, 2.05) is 6.07 Å². The van der Waals surface area contributed by atoms with Crippen molar-refractivity contribution in [1.82, 2.24) is 4.90 Å². The highest BCUT2D eigenvalue weighted by Crippen LogP contribution is 2.90. The Morgan fingerprint density at radius 3 is 2.91 bits per heavy atom. The molecule has 0 amide bonds. The fourth-order valence-electron chi connectivity index (χ4n) is 9.01. The van der Waals surface area contributed by atoms with E-state index in [-0.39, 0.29) is 5.82 Å². The summed E-state index contributed by atoms with van der Waals surface area (Å²) in [6.45, 7) is 0.997. The first-order chi connectivity index (χ1) is 11.2. The maximum atomic E-state index is 13.3. The third-order valence-corrected chi connectivity index (χ3v) is 8.97. The minimum atomic E-state index is -0.445. The molecular formula is C20H22FNO. The molecular weight excluding hydrogens is 289 g/mol. The highest BCUT2D eigenvalue weighted by molar-refractivity contribution is 5.40. The lowest BCUT2D eigenvalue weighted by Gasteiger charge is -2.45. The summed E-state index contributed by atoms with van der Waals surface area (Å²) in [4.78, 5) is 2.53. The molecule has 1 aromatic rings. The van der Waals surface area contributed by atoms with Crippen LogP contribution in [0.2, 0.25) is 0 Å². The summed E-state index contributed by atoms with van der Waals surface area (Å²) in [5.74, 6) is 6.43. The van der Waals surface area contributed by atoms with Gasteiger partial charge in [-0.3, -0.25) is 4.90 Å². The van der Waals surface area contributed by atoms with Crippen LogP contribution in [-0.2, 0) is 6.42 Å². The Labute approximate surface area is 135 Å². The number of aryl methyl sites for hydroxylation is 1. The Hall–Kier alpha value is -0.930. The summed E-state index contributed by atoms with van der Waals surface area (Å²) in [7, 11) is 0. The molecule has 7 fully saturated rings. The van der Waals surface area contributed by atoms with Gasteiger partial charge in [-0.1, -0.05) is 12.1 Å². The zero-order chi connectivity index (χ0) is 15.1. The summed E-state index contributed by atoms with van der Waals surface area (Å²) in [5.41, 5.74) is 0.641. The molecule has 10 atom stereocenters. The van der Waals surface area contributed by atoms with Crippen LogP contribution in [0.15, 0.2) is 24.3 Å². The number of aliphatic hydroxyl groups is 1. The van der Waals surface area contributed by atoms with E-state index < -0.39 is 5.72 Å². The van der Waals surface area contributed by atoms with Gasteiger partial charge in [0.15, 0.2) is 0 Å². The first kappa shape index (κ1) is 12.4. The van der Waals surface area contributed by atoms with Crippen molar-refractivity contribution in [3.8, 4) is 0 Å². The van der Waals surface area contributed by atoms with Crippen molar-refractivity contribution in [3.63, 3.8) is 0 Å². The molecule has 2 nitrogen and oxygen atoms in total. The molecule has 1 N–H and O–H groups in total. The lowest BCUT2D eigenvalue weighted by molar-refractivity contribution is -0.131. The Balaban J connectivity index is 1.15. The second-order valence-corrected chi connectivity index (χ2v) is 9.12. The second kappa shape index (κ2) is 3.52. The largest absolute Gasteiger partial charge is 0.375 e. The maximum absolute atomic E-state index is 13.3. The lowest BCUT2D eigenvalue weighted by Crippen LogP contribution is -2.51. The van der Waals surface area contributed by atoms with Crippen molar-refractivity contribution in [1.29, 1.82) is 0 Å². The van der Waals surface area contributed by atoms with Crippen LogP contribution < -0.4 is 0 Å². The molecule has 5 saturated carbocycles. The first-order valence-electron chi connectivity index (χ1n) is 9.45. The fourth-order valence-corrected chi connectivity index (χ4v) is 9.01. The SMILES string of the molecule is O[C@@]12[C@@H]3[C@@H]4[C@H]5C[C@H]6[C@@H]4[C@@H]3[C@H]([C@H]6[C@H]51)N2CCCc1cccc(F)c1. The van der Waals surface area contributed by atoms with Crippen molar-refractivity contribution in [2.75, 3.05) is 6.54 Å². The van der Waals surface area contributed by atoms with E-state index >= 15 is 0 Å². The van der Waals surface area contributed by atoms with Crippen molar-refractivity contribution in [3.05, 3.63) is 35.6 Å². The van der Waals surface area contributed by atoms with Gasteiger partial charge in [0.25, 0.3) is 0 Å². The summed E-state index contributed by atoms with van der Waals surface area (Å²) >= 11 is 0. The normalized spacial score (nSPS) is 58.8. The van der Waals surface area contributed by atoms with E-state index in [9.17, 15) is 9.50 Å². The van der Waals surface area contributed by atoms with Crippen LogP contribution >= 0.6 is 0 Å². The van der Waals surface area contributed by atoms with Gasteiger partial charge in [0, 0.05) is 24.4 Å². The van der Waals surface area contributed by atoms with E-state index in [0.29, 0.717) is 17.9 Å². The Morgan fingerprint density at radius 1 is 1.13 bits per heavy atom. The molecule has 120 valence electrons. The van der Waals surface area contributed by atoms with E-state index in [0.717, 1.165) is 60.5 Å². The molecule has 4 bridgehead atoms. The highest BCUT2D eigenvalue weighted by Gasteiger charge is 2.93. The third kappa shape index (κ3) is 1.06. The number of rotatable bonds is 4. The van der Waals surface area contributed by atoms with Crippen LogP contribution in [-0.4, -0.2) is 28.3 Å². The Bertz CT molecular complexity index is 736. The van der Waals surface area contributed by atoms with Gasteiger partial charge in [0.1, 0.15) is 11.5 Å². The number of benzene rings is 1. The molecule has 0 spiro atoms. The van der Waals surface area contributed by atoms with Crippen LogP contribution in [0.3, 0.4) is 0 Å². The van der Waals surface area contributed by atoms with E-state index in [1.54, 1.807) is 12.1 Å². The van der Waals surface area contributed by atoms with Gasteiger partial charge >= 0.3 is 0 Å². The minimum absolute atomic E-state index is 0.137. The summed E-state index contributed by atoms with van der Waals surface area (Å²) < 4.78 is 13.3. The summed E-state index contributed by atoms with van der Waals surface area (Å²) in [6.07, 6.45) is 3.39. The molecule has 3 heteroatoms. The van der Waals surface area contributed by atoms with Gasteiger partial charge in [0.2, 0.25) is 0 Å². The quantitative estimate of drug-likeness (QED) is 0.923. The smallest absolute Gasteiger partial charge is 0.125 e. The van der Waals surface area contributed by atoms with Crippen molar-refractivity contribution in [2.45, 2.75) is 31.0 Å². The van der Waals surface area contributed by atoms with Gasteiger partial charge in [0.05, 0.1) is 0 Å². The van der Waals surface area contributed by atoms with Gasteiger partial charge in [-0.05, 0) is 72.5 Å². The minimum Gasteiger partial charge on any atom is -0.375 e. The fraction of sp³-hybridized carbons (Fsp3) is 0.700. The number of nitrogens with zero attached hydrogens (tertiary/aromatic N) is 1. The molecule has 8 rings (SSSR count). The van der Waals surface area contributed by atoms with Gasteiger partial charge < -0.3 is 5.11 Å². The van der Waals surface area contributed by atoms with Gasteiger partial charge in [-0.2, -0.15) is 0 Å². The summed E-state index contributed by atoms with van der Waals surface area (Å²) in [5, 5.41) is 11.6. The number of halogens is 1. The maximum Gasteiger partial charge on any atom is 0.125 e. The molecule has 1 aromatic carbocycles. The van der Waals surface area contributed by atoms with E-state index in [2.05, 4.69) is 4.90 Å². The molecule has 0 unspecified atom stereocenters. The molecule has 7 aliphatic rings. The average Bonchev–Trinajstić information content (AvgIpc) is 3.13. The topological polar surface area (TPSA) is 23.5 Å². The first-order valence-corrected chi connectivity index (χ1v) is 9.45. The zero-order valence-corrected chi connectivity index (χ0v) is 13.1. The van der Waals surface area contributed by atoms with Gasteiger partial charge in [-0.15, -0.1) is 0 Å². The molecule has 0 radical (unpaired) electrons. The predicted molar refractivity (Wildman–Crippen MR) is 82.7 cm³/mol. The Morgan fingerprint density at radius 2 is 2.04 bits per heavy atom. The molecule has 0 aromatic heterocycles. The van der Waals surface area contributed by atoms with Crippen molar-refractivity contribution < 1.29 is 9.50 Å². The number of hydrogen-bond donors (Lipinski definition) is 1. The monoisotopic (exact) mass is 311 g/mol. The second-order valence-electron chi connectivity index (χ2n) is 9.12. The van der Waals surface area contributed by atoms with Crippen LogP contribution in [0.5, 0.6) is 0 Å². The van der Waals surface area contributed by atoms with E-state index in [1.165, 1.54) is 12.5 Å². The zero-order valence-electron chi connectivity index (χ0n) is 13.1. The highest BCUT2D eigenvalue weighted by atomic mass is 19.1. The van der Waals surface area contributed by atoms with Crippen molar-refractivity contribution in [2.24, 2.45) is 47.3 Å². The number of hydrogen-bond acceptors (Lipinski definition) is 2. The van der Waals surface area contributed by atoms with Crippen LogP contribution in [0, 0.1) is 53.2 Å². The third-order valence-electron chi connectivity index (χ3n) is 8.97. The van der Waals surface area contributed by atoms with Crippen LogP contribution in [0.1, 0.15) is 18.4 Å². The van der Waals surface area contributed by atoms with Crippen molar-refractivity contribution >= 4 is 0 Å². The Kier molecular flexibility index (Phi) is 1.91. The predicted octanol–water partition coefficient (Wildman–Crippen LogP) is 2.52. The standard InChI is InChI=1S/C20H22FNO/c21-10-5-1-3-9(7-10)4-2-6-22-19-15-11-8-12-14-13(11)16(19)18(14)20(22,23)17(12)15/h1,3,5,7,11-19,23H,2,4,6,8H2/t11-,12+,13-,14+,15+,16-,17-,18+,19-,20+/m0/s1. The molecule has 2 heterocycles. The van der Waals surface area contributed by atoms with E-state index in [4.69, 9.17) is 0 Å². The van der Waals surface area contributed by atoms with Crippen LogP contribution in [0.4, 0.5) is 4.39 Å². The molecule has 2 saturated heterocycles. The molecule has 2 aliphatic heterocycles. The van der Waals surface area contributed by atoms with Gasteiger partial charge in [-0.25, -0.2) is 4.39 Å². The lowest BCUT2D eigenvalue weighted by atomic mass is 9.59. The van der Waals surface area contributed by atoms with Crippen LogP contribution in [0.25, 0.3) is 0 Å². The molecule has 5 aliphatic carbocycles. The molecule has 23 heavy (non-hydrogen) atoms. The average molecular weight is 311 g/mol.